The first-order valence-electron chi connectivity index (χ1n) is 7.09. The van der Waals surface area contributed by atoms with Gasteiger partial charge in [-0.3, -0.25) is 4.79 Å². The van der Waals surface area contributed by atoms with Gasteiger partial charge in [-0.15, -0.1) is 0 Å². The molecule has 0 radical (unpaired) electrons. The van der Waals surface area contributed by atoms with Crippen molar-refractivity contribution in [2.24, 2.45) is 0 Å². The van der Waals surface area contributed by atoms with Crippen LogP contribution >= 0.6 is 0 Å². The number of benzene rings is 2. The standard InChI is InChI=1S/C18H21NO/c1-3-8-15-11-7-12-17(13-15)18(20)19(2)14-16-9-5-4-6-10-16/h4-7,9-13H,3,8,14H2,1-2H3. The summed E-state index contributed by atoms with van der Waals surface area (Å²) < 4.78 is 0. The topological polar surface area (TPSA) is 20.3 Å². The molecule has 20 heavy (non-hydrogen) atoms. The summed E-state index contributed by atoms with van der Waals surface area (Å²) in [4.78, 5) is 14.2. The van der Waals surface area contributed by atoms with Crippen LogP contribution in [0.25, 0.3) is 0 Å². The Balaban J connectivity index is 2.08. The van der Waals surface area contributed by atoms with E-state index in [4.69, 9.17) is 0 Å². The summed E-state index contributed by atoms with van der Waals surface area (Å²) in [6, 6.07) is 18.0. The lowest BCUT2D eigenvalue weighted by molar-refractivity contribution is 0.0785. The second kappa shape index (κ2) is 6.90. The molecule has 2 nitrogen and oxygen atoms in total. The van der Waals surface area contributed by atoms with Crippen molar-refractivity contribution in [3.05, 3.63) is 71.3 Å². The molecule has 104 valence electrons. The van der Waals surface area contributed by atoms with E-state index >= 15 is 0 Å². The molecule has 0 atom stereocenters. The van der Waals surface area contributed by atoms with Gasteiger partial charge < -0.3 is 4.90 Å². The number of carbonyl (C=O) groups is 1. The van der Waals surface area contributed by atoms with E-state index in [-0.39, 0.29) is 5.91 Å². The molecule has 1 amide bonds. The minimum Gasteiger partial charge on any atom is -0.337 e. The maximum absolute atomic E-state index is 12.4. The summed E-state index contributed by atoms with van der Waals surface area (Å²) in [5, 5.41) is 0. The number of hydrogen-bond acceptors (Lipinski definition) is 1. The monoisotopic (exact) mass is 267 g/mol. The molecule has 0 heterocycles. The van der Waals surface area contributed by atoms with Crippen molar-refractivity contribution in [3.63, 3.8) is 0 Å². The minimum absolute atomic E-state index is 0.0757. The minimum atomic E-state index is 0.0757. The van der Waals surface area contributed by atoms with E-state index in [0.29, 0.717) is 6.54 Å². The van der Waals surface area contributed by atoms with Crippen LogP contribution in [0.3, 0.4) is 0 Å². The molecule has 0 saturated carbocycles. The van der Waals surface area contributed by atoms with Gasteiger partial charge in [0.05, 0.1) is 0 Å². The first-order valence-corrected chi connectivity index (χ1v) is 7.09. The molecule has 2 heteroatoms. The number of carbonyl (C=O) groups excluding carboxylic acids is 1. The van der Waals surface area contributed by atoms with Crippen LogP contribution in [0.5, 0.6) is 0 Å². The summed E-state index contributed by atoms with van der Waals surface area (Å²) in [5.74, 6) is 0.0757. The fourth-order valence-electron chi connectivity index (χ4n) is 2.30. The van der Waals surface area contributed by atoms with Gasteiger partial charge in [0.1, 0.15) is 0 Å². The molecule has 2 aromatic carbocycles. The third kappa shape index (κ3) is 3.70. The SMILES string of the molecule is CCCc1cccc(C(=O)N(C)Cc2ccccc2)c1. The first-order chi connectivity index (χ1) is 9.70. The van der Waals surface area contributed by atoms with E-state index < -0.39 is 0 Å². The van der Waals surface area contributed by atoms with Crippen LogP contribution in [0.4, 0.5) is 0 Å². The Labute approximate surface area is 121 Å². The Hall–Kier alpha value is -2.09. The fourth-order valence-corrected chi connectivity index (χ4v) is 2.30. The van der Waals surface area contributed by atoms with Crippen LogP contribution in [0.15, 0.2) is 54.6 Å². The lowest BCUT2D eigenvalue weighted by Gasteiger charge is -2.17. The van der Waals surface area contributed by atoms with Gasteiger partial charge in [0, 0.05) is 19.2 Å². The zero-order valence-electron chi connectivity index (χ0n) is 12.2. The molecule has 0 N–H and O–H groups in total. The molecule has 0 aliphatic carbocycles. The second-order valence-electron chi connectivity index (χ2n) is 5.10. The normalized spacial score (nSPS) is 10.3. The van der Waals surface area contributed by atoms with Crippen LogP contribution in [-0.4, -0.2) is 17.9 Å². The van der Waals surface area contributed by atoms with Crippen molar-refractivity contribution in [2.45, 2.75) is 26.3 Å². The Morgan fingerprint density at radius 2 is 1.70 bits per heavy atom. The first kappa shape index (κ1) is 14.3. The second-order valence-corrected chi connectivity index (χ2v) is 5.10. The quantitative estimate of drug-likeness (QED) is 0.804. The molecular formula is C18H21NO. The van der Waals surface area contributed by atoms with Crippen LogP contribution in [0, 0.1) is 0 Å². The number of amides is 1. The van der Waals surface area contributed by atoms with Crippen molar-refractivity contribution in [1.82, 2.24) is 4.90 Å². The maximum atomic E-state index is 12.4. The van der Waals surface area contributed by atoms with Gasteiger partial charge in [0.15, 0.2) is 0 Å². The van der Waals surface area contributed by atoms with Gasteiger partial charge in [0.25, 0.3) is 5.91 Å². The molecule has 2 rings (SSSR count). The van der Waals surface area contributed by atoms with Gasteiger partial charge >= 0.3 is 0 Å². The van der Waals surface area contributed by atoms with Crippen LogP contribution in [-0.2, 0) is 13.0 Å². The highest BCUT2D eigenvalue weighted by Gasteiger charge is 2.12. The molecule has 0 bridgehead atoms. The number of aryl methyl sites for hydroxylation is 1. The molecule has 0 saturated heterocycles. The van der Waals surface area contributed by atoms with Crippen LogP contribution < -0.4 is 0 Å². The Kier molecular flexibility index (Phi) is 4.94. The summed E-state index contributed by atoms with van der Waals surface area (Å²) >= 11 is 0. The van der Waals surface area contributed by atoms with E-state index in [2.05, 4.69) is 13.0 Å². The van der Waals surface area contributed by atoms with Crippen LogP contribution in [0.1, 0.15) is 34.8 Å². The molecule has 0 fully saturated rings. The smallest absolute Gasteiger partial charge is 0.253 e. The molecule has 0 spiro atoms. The molecular weight excluding hydrogens is 246 g/mol. The maximum Gasteiger partial charge on any atom is 0.253 e. The molecule has 0 unspecified atom stereocenters. The Bertz CT molecular complexity index is 563. The largest absolute Gasteiger partial charge is 0.337 e. The third-order valence-corrected chi connectivity index (χ3v) is 3.32. The van der Waals surface area contributed by atoms with E-state index in [0.717, 1.165) is 24.0 Å². The highest BCUT2D eigenvalue weighted by atomic mass is 16.2. The van der Waals surface area contributed by atoms with Crippen molar-refractivity contribution < 1.29 is 4.79 Å². The summed E-state index contributed by atoms with van der Waals surface area (Å²) in [6.45, 7) is 2.79. The highest BCUT2D eigenvalue weighted by molar-refractivity contribution is 5.94. The van der Waals surface area contributed by atoms with Crippen molar-refractivity contribution in [2.75, 3.05) is 7.05 Å². The Morgan fingerprint density at radius 1 is 1.00 bits per heavy atom. The molecule has 0 aliphatic rings. The zero-order chi connectivity index (χ0) is 14.4. The average molecular weight is 267 g/mol. The zero-order valence-corrected chi connectivity index (χ0v) is 12.2. The Morgan fingerprint density at radius 3 is 2.40 bits per heavy atom. The van der Waals surface area contributed by atoms with Gasteiger partial charge in [-0.1, -0.05) is 55.8 Å². The molecule has 0 aromatic heterocycles. The van der Waals surface area contributed by atoms with Crippen molar-refractivity contribution >= 4 is 5.91 Å². The third-order valence-electron chi connectivity index (χ3n) is 3.32. The fraction of sp³-hybridized carbons (Fsp3) is 0.278. The predicted octanol–water partition coefficient (Wildman–Crippen LogP) is 3.91. The van der Waals surface area contributed by atoms with E-state index in [1.165, 1.54) is 5.56 Å². The highest BCUT2D eigenvalue weighted by Crippen LogP contribution is 2.11. The number of hydrogen-bond donors (Lipinski definition) is 0. The van der Waals surface area contributed by atoms with E-state index in [1.54, 1.807) is 4.90 Å². The summed E-state index contributed by atoms with van der Waals surface area (Å²) in [7, 11) is 1.85. The van der Waals surface area contributed by atoms with Gasteiger partial charge in [-0.05, 0) is 29.7 Å². The predicted molar refractivity (Wildman–Crippen MR) is 82.7 cm³/mol. The lowest BCUT2D eigenvalue weighted by atomic mass is 10.1. The number of nitrogens with zero attached hydrogens (tertiary/aromatic N) is 1. The van der Waals surface area contributed by atoms with Gasteiger partial charge in [0.2, 0.25) is 0 Å². The average Bonchev–Trinajstić information content (AvgIpc) is 2.48. The van der Waals surface area contributed by atoms with E-state index in [9.17, 15) is 4.79 Å². The summed E-state index contributed by atoms with van der Waals surface area (Å²) in [5.41, 5.74) is 3.15. The van der Waals surface area contributed by atoms with Crippen molar-refractivity contribution in [3.8, 4) is 0 Å². The molecule has 2 aromatic rings. The number of rotatable bonds is 5. The lowest BCUT2D eigenvalue weighted by Crippen LogP contribution is -2.26. The van der Waals surface area contributed by atoms with E-state index in [1.807, 2.05) is 55.6 Å². The van der Waals surface area contributed by atoms with Gasteiger partial charge in [-0.25, -0.2) is 0 Å². The van der Waals surface area contributed by atoms with Crippen molar-refractivity contribution in [1.29, 1.82) is 0 Å². The summed E-state index contributed by atoms with van der Waals surface area (Å²) in [6.07, 6.45) is 2.11. The van der Waals surface area contributed by atoms with Crippen LogP contribution in [0.2, 0.25) is 0 Å². The van der Waals surface area contributed by atoms with Gasteiger partial charge in [-0.2, -0.15) is 0 Å². The molecule has 0 aliphatic heterocycles.